The Labute approximate surface area is 118 Å². The van der Waals surface area contributed by atoms with Crippen LogP contribution in [0.25, 0.3) is 0 Å². The van der Waals surface area contributed by atoms with Crippen molar-refractivity contribution in [1.82, 2.24) is 15.3 Å². The van der Waals surface area contributed by atoms with Crippen molar-refractivity contribution in [3.05, 3.63) is 42.4 Å². The number of hydrogen-bond acceptors (Lipinski definition) is 5. The van der Waals surface area contributed by atoms with Crippen LogP contribution < -0.4 is 15.0 Å². The molecular weight excluding hydrogens is 252 g/mol. The van der Waals surface area contributed by atoms with Gasteiger partial charge in [0.1, 0.15) is 5.75 Å². The van der Waals surface area contributed by atoms with Gasteiger partial charge in [0, 0.05) is 19.3 Å². The van der Waals surface area contributed by atoms with Gasteiger partial charge in [0.15, 0.2) is 5.82 Å². The first-order valence-electron chi connectivity index (χ1n) is 6.83. The minimum Gasteiger partial charge on any atom is -0.491 e. The molecule has 5 heteroatoms. The summed E-state index contributed by atoms with van der Waals surface area (Å²) in [6.07, 6.45) is 4.56. The van der Waals surface area contributed by atoms with Crippen LogP contribution in [-0.4, -0.2) is 30.2 Å². The molecule has 0 atom stereocenters. The van der Waals surface area contributed by atoms with Crippen molar-refractivity contribution < 1.29 is 4.74 Å². The molecule has 0 aliphatic carbocycles. The van der Waals surface area contributed by atoms with E-state index in [9.17, 15) is 0 Å². The van der Waals surface area contributed by atoms with E-state index >= 15 is 0 Å². The van der Waals surface area contributed by atoms with Gasteiger partial charge in [-0.1, -0.05) is 12.1 Å². The molecule has 0 unspecified atom stereocenters. The van der Waals surface area contributed by atoms with Crippen molar-refractivity contribution in [2.75, 3.05) is 25.1 Å². The van der Waals surface area contributed by atoms with Gasteiger partial charge in [-0.05, 0) is 25.6 Å². The largest absolute Gasteiger partial charge is 0.491 e. The SMILES string of the molecule is CNCc1cncc(N2CCCOc3ccccc32)n1. The van der Waals surface area contributed by atoms with E-state index in [1.54, 1.807) is 12.4 Å². The highest BCUT2D eigenvalue weighted by Gasteiger charge is 2.18. The molecule has 3 rings (SSSR count). The predicted octanol–water partition coefficient (Wildman–Crippen LogP) is 2.12. The summed E-state index contributed by atoms with van der Waals surface area (Å²) in [5.74, 6) is 1.78. The first-order chi connectivity index (χ1) is 9.88. The number of fused-ring (bicyclic) bond motifs is 1. The summed E-state index contributed by atoms with van der Waals surface area (Å²) in [4.78, 5) is 11.1. The standard InChI is InChI=1S/C15H18N4O/c1-16-9-12-10-17-11-15(18-12)19-7-4-8-20-14-6-3-2-5-13(14)19/h2-3,5-6,10-11,16H,4,7-9H2,1H3. The number of para-hydroxylation sites is 2. The number of hydrogen-bond donors (Lipinski definition) is 1. The number of rotatable bonds is 3. The van der Waals surface area contributed by atoms with Gasteiger partial charge < -0.3 is 15.0 Å². The summed E-state index contributed by atoms with van der Waals surface area (Å²) >= 11 is 0. The number of benzene rings is 1. The van der Waals surface area contributed by atoms with E-state index in [-0.39, 0.29) is 0 Å². The molecule has 0 spiro atoms. The van der Waals surface area contributed by atoms with Crippen LogP contribution >= 0.6 is 0 Å². The van der Waals surface area contributed by atoms with Crippen molar-refractivity contribution >= 4 is 11.5 Å². The number of nitrogens with one attached hydrogen (secondary N) is 1. The third kappa shape index (κ3) is 2.58. The molecule has 1 aromatic carbocycles. The number of nitrogens with zero attached hydrogens (tertiary/aromatic N) is 3. The van der Waals surface area contributed by atoms with Crippen LogP contribution in [0.2, 0.25) is 0 Å². The molecule has 0 radical (unpaired) electrons. The van der Waals surface area contributed by atoms with Gasteiger partial charge >= 0.3 is 0 Å². The van der Waals surface area contributed by atoms with E-state index in [0.717, 1.165) is 42.5 Å². The topological polar surface area (TPSA) is 50.3 Å². The molecule has 0 saturated heterocycles. The van der Waals surface area contributed by atoms with Crippen LogP contribution in [-0.2, 0) is 6.54 Å². The van der Waals surface area contributed by atoms with Crippen molar-refractivity contribution in [2.45, 2.75) is 13.0 Å². The van der Waals surface area contributed by atoms with Crippen molar-refractivity contribution in [2.24, 2.45) is 0 Å². The van der Waals surface area contributed by atoms with Crippen LogP contribution in [0.1, 0.15) is 12.1 Å². The zero-order valence-electron chi connectivity index (χ0n) is 11.5. The molecule has 20 heavy (non-hydrogen) atoms. The average Bonchev–Trinajstić information content (AvgIpc) is 2.70. The van der Waals surface area contributed by atoms with Gasteiger partial charge in [-0.3, -0.25) is 4.98 Å². The Morgan fingerprint density at radius 1 is 1.30 bits per heavy atom. The summed E-state index contributed by atoms with van der Waals surface area (Å²) in [6, 6.07) is 8.07. The lowest BCUT2D eigenvalue weighted by molar-refractivity contribution is 0.322. The molecule has 0 fully saturated rings. The van der Waals surface area contributed by atoms with Gasteiger partial charge in [-0.2, -0.15) is 0 Å². The van der Waals surface area contributed by atoms with E-state index in [2.05, 4.69) is 26.3 Å². The molecule has 5 nitrogen and oxygen atoms in total. The van der Waals surface area contributed by atoms with E-state index < -0.39 is 0 Å². The van der Waals surface area contributed by atoms with Crippen LogP contribution in [0.3, 0.4) is 0 Å². The maximum absolute atomic E-state index is 5.78. The quantitative estimate of drug-likeness (QED) is 0.925. The molecule has 0 amide bonds. The highest BCUT2D eigenvalue weighted by molar-refractivity contribution is 5.67. The zero-order chi connectivity index (χ0) is 13.8. The Hall–Kier alpha value is -2.14. The molecule has 0 bridgehead atoms. The fraction of sp³-hybridized carbons (Fsp3) is 0.333. The number of aromatic nitrogens is 2. The third-order valence-electron chi connectivity index (χ3n) is 3.25. The normalized spacial score (nSPS) is 14.3. The first-order valence-corrected chi connectivity index (χ1v) is 6.83. The van der Waals surface area contributed by atoms with Crippen molar-refractivity contribution in [3.63, 3.8) is 0 Å². The van der Waals surface area contributed by atoms with Gasteiger partial charge in [0.25, 0.3) is 0 Å². The Morgan fingerprint density at radius 2 is 2.20 bits per heavy atom. The molecule has 1 aliphatic heterocycles. The highest BCUT2D eigenvalue weighted by atomic mass is 16.5. The highest BCUT2D eigenvalue weighted by Crippen LogP contribution is 2.34. The first kappa shape index (κ1) is 12.9. The Bertz CT molecular complexity index is 588. The summed E-state index contributed by atoms with van der Waals surface area (Å²) < 4.78 is 5.78. The fourth-order valence-electron chi connectivity index (χ4n) is 2.36. The minimum atomic E-state index is 0.715. The maximum atomic E-state index is 5.78. The Morgan fingerprint density at radius 3 is 3.10 bits per heavy atom. The summed E-state index contributed by atoms with van der Waals surface area (Å²) in [7, 11) is 1.91. The van der Waals surface area contributed by atoms with E-state index in [1.807, 2.05) is 25.2 Å². The average molecular weight is 270 g/mol. The van der Waals surface area contributed by atoms with Gasteiger partial charge in [0.2, 0.25) is 0 Å². The second-order valence-electron chi connectivity index (χ2n) is 4.72. The molecule has 2 aromatic rings. The van der Waals surface area contributed by atoms with E-state index in [1.165, 1.54) is 0 Å². The molecule has 104 valence electrons. The van der Waals surface area contributed by atoms with Gasteiger partial charge in [-0.25, -0.2) is 4.98 Å². The number of ether oxygens (including phenoxy) is 1. The van der Waals surface area contributed by atoms with Crippen LogP contribution in [0.15, 0.2) is 36.7 Å². The Balaban J connectivity index is 1.98. The minimum absolute atomic E-state index is 0.715. The number of anilines is 2. The van der Waals surface area contributed by atoms with E-state index in [4.69, 9.17) is 4.74 Å². The molecule has 0 saturated carbocycles. The van der Waals surface area contributed by atoms with Gasteiger partial charge in [0.05, 0.1) is 24.2 Å². The van der Waals surface area contributed by atoms with Crippen LogP contribution in [0.5, 0.6) is 5.75 Å². The monoisotopic (exact) mass is 270 g/mol. The molecule has 1 aromatic heterocycles. The lowest BCUT2D eigenvalue weighted by Gasteiger charge is -2.22. The van der Waals surface area contributed by atoms with Gasteiger partial charge in [-0.15, -0.1) is 0 Å². The second-order valence-corrected chi connectivity index (χ2v) is 4.72. The summed E-state index contributed by atoms with van der Waals surface area (Å²) in [5.41, 5.74) is 1.99. The molecule has 1 N–H and O–H groups in total. The van der Waals surface area contributed by atoms with Crippen LogP contribution in [0.4, 0.5) is 11.5 Å². The predicted molar refractivity (Wildman–Crippen MR) is 78.4 cm³/mol. The molecule has 1 aliphatic rings. The van der Waals surface area contributed by atoms with Crippen molar-refractivity contribution in [1.29, 1.82) is 0 Å². The molecule has 2 heterocycles. The smallest absolute Gasteiger partial charge is 0.151 e. The second kappa shape index (κ2) is 5.88. The van der Waals surface area contributed by atoms with Crippen LogP contribution in [0, 0.1) is 0 Å². The third-order valence-corrected chi connectivity index (χ3v) is 3.25. The maximum Gasteiger partial charge on any atom is 0.151 e. The van der Waals surface area contributed by atoms with Crippen molar-refractivity contribution in [3.8, 4) is 5.75 Å². The zero-order valence-corrected chi connectivity index (χ0v) is 11.5. The summed E-state index contributed by atoms with van der Waals surface area (Å²) in [6.45, 7) is 2.33. The lowest BCUT2D eigenvalue weighted by Crippen LogP contribution is -2.20. The summed E-state index contributed by atoms with van der Waals surface area (Å²) in [5, 5.41) is 3.10. The molecular formula is C15H18N4O. The Kier molecular flexibility index (Phi) is 3.78. The fourth-order valence-corrected chi connectivity index (χ4v) is 2.36. The van der Waals surface area contributed by atoms with E-state index in [0.29, 0.717) is 6.54 Å². The lowest BCUT2D eigenvalue weighted by atomic mass is 10.2.